The summed E-state index contributed by atoms with van der Waals surface area (Å²) in [5, 5.41) is 0. The van der Waals surface area contributed by atoms with Crippen molar-refractivity contribution in [3.8, 4) is 5.75 Å². The van der Waals surface area contributed by atoms with E-state index >= 15 is 0 Å². The Morgan fingerprint density at radius 3 is 2.68 bits per heavy atom. The SMILES string of the molecule is COc1ccccc1C(=O)N(CCN)C1CCCC1. The molecule has 1 aliphatic rings. The molecule has 0 aliphatic heterocycles. The largest absolute Gasteiger partial charge is 0.496 e. The maximum atomic E-state index is 12.7. The van der Waals surface area contributed by atoms with E-state index in [0.717, 1.165) is 12.8 Å². The van der Waals surface area contributed by atoms with Gasteiger partial charge in [0.15, 0.2) is 0 Å². The number of hydrogen-bond donors (Lipinski definition) is 1. The highest BCUT2D eigenvalue weighted by Crippen LogP contribution is 2.27. The number of rotatable bonds is 5. The standard InChI is InChI=1S/C15H22N2O2/c1-19-14-9-5-4-8-13(14)15(18)17(11-10-16)12-6-2-3-7-12/h4-5,8-9,12H,2-3,6-7,10-11,16H2,1H3. The molecular formula is C15H22N2O2. The summed E-state index contributed by atoms with van der Waals surface area (Å²) >= 11 is 0. The van der Waals surface area contributed by atoms with Crippen molar-refractivity contribution in [1.29, 1.82) is 0 Å². The molecule has 4 heteroatoms. The van der Waals surface area contributed by atoms with Crippen molar-refractivity contribution in [3.63, 3.8) is 0 Å². The second-order valence-electron chi connectivity index (χ2n) is 4.93. The lowest BCUT2D eigenvalue weighted by molar-refractivity contribution is 0.0684. The number of carbonyl (C=O) groups excluding carboxylic acids is 1. The normalized spacial score (nSPS) is 15.5. The van der Waals surface area contributed by atoms with Gasteiger partial charge >= 0.3 is 0 Å². The second kappa shape index (κ2) is 6.57. The lowest BCUT2D eigenvalue weighted by Gasteiger charge is -2.29. The number of carbonyl (C=O) groups is 1. The molecule has 0 heterocycles. The Kier molecular flexibility index (Phi) is 4.80. The van der Waals surface area contributed by atoms with E-state index in [0.29, 0.717) is 30.4 Å². The van der Waals surface area contributed by atoms with Crippen molar-refractivity contribution >= 4 is 5.91 Å². The third-order valence-electron chi connectivity index (χ3n) is 3.73. The van der Waals surface area contributed by atoms with Crippen molar-refractivity contribution in [3.05, 3.63) is 29.8 Å². The van der Waals surface area contributed by atoms with Gasteiger partial charge in [-0.15, -0.1) is 0 Å². The van der Waals surface area contributed by atoms with Crippen LogP contribution < -0.4 is 10.5 Å². The first-order valence-corrected chi connectivity index (χ1v) is 6.92. The van der Waals surface area contributed by atoms with Gasteiger partial charge < -0.3 is 15.4 Å². The van der Waals surface area contributed by atoms with Crippen LogP contribution in [0, 0.1) is 0 Å². The summed E-state index contributed by atoms with van der Waals surface area (Å²) < 4.78 is 5.28. The van der Waals surface area contributed by atoms with Gasteiger partial charge in [0.25, 0.3) is 5.91 Å². The van der Waals surface area contributed by atoms with Crippen LogP contribution in [0.2, 0.25) is 0 Å². The minimum absolute atomic E-state index is 0.0369. The number of nitrogens with zero attached hydrogens (tertiary/aromatic N) is 1. The highest BCUT2D eigenvalue weighted by atomic mass is 16.5. The molecule has 19 heavy (non-hydrogen) atoms. The predicted molar refractivity (Wildman–Crippen MR) is 75.3 cm³/mol. The highest BCUT2D eigenvalue weighted by Gasteiger charge is 2.28. The first-order chi connectivity index (χ1) is 9.27. The van der Waals surface area contributed by atoms with Crippen LogP contribution in [-0.2, 0) is 0 Å². The minimum atomic E-state index is 0.0369. The zero-order valence-electron chi connectivity index (χ0n) is 11.5. The van der Waals surface area contributed by atoms with E-state index in [4.69, 9.17) is 10.5 Å². The van der Waals surface area contributed by atoms with Crippen LogP contribution in [0.1, 0.15) is 36.0 Å². The summed E-state index contributed by atoms with van der Waals surface area (Å²) in [6.07, 6.45) is 4.57. The Hall–Kier alpha value is -1.55. The Balaban J connectivity index is 2.22. The van der Waals surface area contributed by atoms with Crippen LogP contribution in [0.5, 0.6) is 5.75 Å². The van der Waals surface area contributed by atoms with E-state index in [-0.39, 0.29) is 5.91 Å². The Bertz CT molecular complexity index is 428. The van der Waals surface area contributed by atoms with E-state index in [9.17, 15) is 4.79 Å². The number of amides is 1. The Labute approximate surface area is 114 Å². The highest BCUT2D eigenvalue weighted by molar-refractivity contribution is 5.97. The smallest absolute Gasteiger partial charge is 0.257 e. The summed E-state index contributed by atoms with van der Waals surface area (Å²) in [5.74, 6) is 0.669. The summed E-state index contributed by atoms with van der Waals surface area (Å²) in [6.45, 7) is 1.11. The molecule has 0 saturated heterocycles. The molecule has 4 nitrogen and oxygen atoms in total. The average Bonchev–Trinajstić information content (AvgIpc) is 2.98. The van der Waals surface area contributed by atoms with Crippen molar-refractivity contribution in [2.24, 2.45) is 5.73 Å². The molecule has 2 N–H and O–H groups in total. The molecule has 1 aromatic rings. The molecule has 1 aliphatic carbocycles. The maximum absolute atomic E-state index is 12.7. The van der Waals surface area contributed by atoms with Crippen molar-refractivity contribution in [1.82, 2.24) is 4.90 Å². The minimum Gasteiger partial charge on any atom is -0.496 e. The molecule has 1 aromatic carbocycles. The van der Waals surface area contributed by atoms with Crippen molar-refractivity contribution in [2.75, 3.05) is 20.2 Å². The molecule has 0 radical (unpaired) electrons. The van der Waals surface area contributed by atoms with Crippen molar-refractivity contribution < 1.29 is 9.53 Å². The first-order valence-electron chi connectivity index (χ1n) is 6.92. The van der Waals surface area contributed by atoms with Crippen LogP contribution in [0.4, 0.5) is 0 Å². The van der Waals surface area contributed by atoms with Gasteiger partial charge in [-0.05, 0) is 25.0 Å². The fourth-order valence-electron chi connectivity index (χ4n) is 2.78. The van der Waals surface area contributed by atoms with E-state index in [1.54, 1.807) is 7.11 Å². The van der Waals surface area contributed by atoms with Gasteiger partial charge in [0.2, 0.25) is 0 Å². The summed E-state index contributed by atoms with van der Waals surface area (Å²) in [6, 6.07) is 7.71. The fraction of sp³-hybridized carbons (Fsp3) is 0.533. The van der Waals surface area contributed by atoms with Crippen LogP contribution in [0.3, 0.4) is 0 Å². The van der Waals surface area contributed by atoms with Crippen molar-refractivity contribution in [2.45, 2.75) is 31.7 Å². The van der Waals surface area contributed by atoms with Gasteiger partial charge in [0.05, 0.1) is 12.7 Å². The van der Waals surface area contributed by atoms with Crippen LogP contribution in [0.25, 0.3) is 0 Å². The number of methoxy groups -OCH3 is 1. The predicted octanol–water partition coefficient (Wildman–Crippen LogP) is 2.04. The number of nitrogens with two attached hydrogens (primary N) is 1. The van der Waals surface area contributed by atoms with E-state index in [1.807, 2.05) is 29.2 Å². The second-order valence-corrected chi connectivity index (χ2v) is 4.93. The first kappa shape index (κ1) is 13.9. The molecule has 0 atom stereocenters. The maximum Gasteiger partial charge on any atom is 0.257 e. The van der Waals surface area contributed by atoms with Gasteiger partial charge in [0.1, 0.15) is 5.75 Å². The molecule has 1 fully saturated rings. The van der Waals surface area contributed by atoms with Gasteiger partial charge in [-0.1, -0.05) is 25.0 Å². The fourth-order valence-corrected chi connectivity index (χ4v) is 2.78. The molecule has 1 saturated carbocycles. The van der Waals surface area contributed by atoms with E-state index in [1.165, 1.54) is 12.8 Å². The van der Waals surface area contributed by atoms with Crippen LogP contribution >= 0.6 is 0 Å². The number of hydrogen-bond acceptors (Lipinski definition) is 3. The van der Waals surface area contributed by atoms with Gasteiger partial charge in [-0.3, -0.25) is 4.79 Å². The molecular weight excluding hydrogens is 240 g/mol. The average molecular weight is 262 g/mol. The molecule has 0 spiro atoms. The van der Waals surface area contributed by atoms with Gasteiger partial charge in [0, 0.05) is 19.1 Å². The van der Waals surface area contributed by atoms with E-state index < -0.39 is 0 Å². The van der Waals surface area contributed by atoms with E-state index in [2.05, 4.69) is 0 Å². The zero-order valence-corrected chi connectivity index (χ0v) is 11.5. The number of para-hydroxylation sites is 1. The van der Waals surface area contributed by atoms with Crippen LogP contribution in [0.15, 0.2) is 24.3 Å². The lowest BCUT2D eigenvalue weighted by Crippen LogP contribution is -2.42. The van der Waals surface area contributed by atoms with Gasteiger partial charge in [-0.25, -0.2) is 0 Å². The molecule has 1 amide bonds. The Morgan fingerprint density at radius 2 is 2.05 bits per heavy atom. The summed E-state index contributed by atoms with van der Waals surface area (Å²) in [7, 11) is 1.59. The lowest BCUT2D eigenvalue weighted by atomic mass is 10.1. The molecule has 104 valence electrons. The molecule has 2 rings (SSSR count). The summed E-state index contributed by atoms with van der Waals surface area (Å²) in [5.41, 5.74) is 6.29. The number of benzene rings is 1. The monoisotopic (exact) mass is 262 g/mol. The topological polar surface area (TPSA) is 55.6 Å². The molecule has 0 aromatic heterocycles. The third-order valence-corrected chi connectivity index (χ3v) is 3.73. The zero-order chi connectivity index (χ0) is 13.7. The van der Waals surface area contributed by atoms with Gasteiger partial charge in [-0.2, -0.15) is 0 Å². The third kappa shape index (κ3) is 3.07. The quantitative estimate of drug-likeness (QED) is 0.883. The summed E-state index contributed by atoms with van der Waals surface area (Å²) in [4.78, 5) is 14.6. The molecule has 0 unspecified atom stereocenters. The number of ether oxygens (including phenoxy) is 1. The van der Waals surface area contributed by atoms with Crippen LogP contribution in [-0.4, -0.2) is 37.0 Å². The molecule has 0 bridgehead atoms. The Morgan fingerprint density at radius 1 is 1.37 bits per heavy atom.